The Balaban J connectivity index is 2.00. The van der Waals surface area contributed by atoms with Crippen LogP contribution in [0.4, 0.5) is 4.79 Å². The molecule has 2 unspecified atom stereocenters. The van der Waals surface area contributed by atoms with Crippen LogP contribution in [0.15, 0.2) is 24.5 Å². The molecule has 21 heavy (non-hydrogen) atoms. The summed E-state index contributed by atoms with van der Waals surface area (Å²) in [5, 5.41) is 9.15. The number of aliphatic carboxylic acids is 1. The summed E-state index contributed by atoms with van der Waals surface area (Å²) in [6.45, 7) is 0.812. The second kappa shape index (κ2) is 6.53. The Labute approximate surface area is 123 Å². The average molecular weight is 293 g/mol. The van der Waals surface area contributed by atoms with Gasteiger partial charge in [0.1, 0.15) is 5.92 Å². The number of nitrogens with zero attached hydrogens (tertiary/aromatic N) is 3. The van der Waals surface area contributed by atoms with Crippen molar-refractivity contribution in [1.82, 2.24) is 14.8 Å². The molecular weight excluding hydrogens is 274 g/mol. The number of amides is 2. The molecule has 1 saturated heterocycles. The van der Waals surface area contributed by atoms with Crippen LogP contribution in [0.2, 0.25) is 0 Å². The van der Waals surface area contributed by atoms with Crippen LogP contribution in [0, 0.1) is 5.92 Å². The van der Waals surface area contributed by atoms with Gasteiger partial charge >= 0.3 is 12.0 Å². The quantitative estimate of drug-likeness (QED) is 0.882. The number of likely N-dealkylation sites (N-methyl/N-ethyl adjacent to an activating group) is 1. The van der Waals surface area contributed by atoms with Crippen molar-refractivity contribution in [3.8, 4) is 0 Å². The maximum Gasteiger partial charge on any atom is 0.320 e. The first-order valence-electron chi connectivity index (χ1n) is 6.68. The van der Waals surface area contributed by atoms with Crippen molar-refractivity contribution in [2.75, 3.05) is 27.3 Å². The molecule has 7 heteroatoms. The third-order valence-corrected chi connectivity index (χ3v) is 3.64. The second-order valence-electron chi connectivity index (χ2n) is 5.16. The molecule has 2 atom stereocenters. The molecule has 114 valence electrons. The van der Waals surface area contributed by atoms with Crippen molar-refractivity contribution in [2.45, 2.75) is 12.6 Å². The molecule has 1 N–H and O–H groups in total. The van der Waals surface area contributed by atoms with E-state index < -0.39 is 17.9 Å². The number of carbonyl (C=O) groups excluding carboxylic acids is 1. The molecule has 2 heterocycles. The molecule has 1 aromatic heterocycles. The number of urea groups is 1. The van der Waals surface area contributed by atoms with Gasteiger partial charge in [-0.25, -0.2) is 4.79 Å². The average Bonchev–Trinajstić information content (AvgIpc) is 2.96. The van der Waals surface area contributed by atoms with Gasteiger partial charge in [-0.3, -0.25) is 9.78 Å². The number of pyridine rings is 1. The lowest BCUT2D eigenvalue weighted by atomic mass is 10.0. The molecule has 0 saturated carbocycles. The number of ether oxygens (including phenoxy) is 1. The molecule has 7 nitrogen and oxygen atoms in total. The summed E-state index contributed by atoms with van der Waals surface area (Å²) in [5.74, 6) is -1.61. The Bertz CT molecular complexity index is 508. The van der Waals surface area contributed by atoms with E-state index in [1.165, 1.54) is 9.80 Å². The number of aromatic nitrogens is 1. The van der Waals surface area contributed by atoms with E-state index in [4.69, 9.17) is 9.84 Å². The van der Waals surface area contributed by atoms with Gasteiger partial charge in [0.05, 0.1) is 19.3 Å². The van der Waals surface area contributed by atoms with Gasteiger partial charge in [0.15, 0.2) is 0 Å². The van der Waals surface area contributed by atoms with E-state index in [2.05, 4.69) is 4.98 Å². The standard InChI is InChI=1S/C14H19N3O4/c1-16(7-10-4-3-5-15-6-10)14(20)17(2)12-9-21-8-11(12)13(18)19/h3-6,11-12H,7-9H2,1-2H3,(H,18,19). The van der Waals surface area contributed by atoms with Crippen LogP contribution in [0.1, 0.15) is 5.56 Å². The van der Waals surface area contributed by atoms with E-state index in [0.717, 1.165) is 5.56 Å². The van der Waals surface area contributed by atoms with E-state index in [1.807, 2.05) is 12.1 Å². The maximum atomic E-state index is 12.4. The van der Waals surface area contributed by atoms with Gasteiger partial charge in [0.25, 0.3) is 0 Å². The zero-order chi connectivity index (χ0) is 15.4. The SMILES string of the molecule is CN(Cc1cccnc1)C(=O)N(C)C1COCC1C(=O)O. The van der Waals surface area contributed by atoms with Crippen LogP contribution >= 0.6 is 0 Å². The fraction of sp³-hybridized carbons (Fsp3) is 0.500. The van der Waals surface area contributed by atoms with Crippen molar-refractivity contribution in [3.05, 3.63) is 30.1 Å². The second-order valence-corrected chi connectivity index (χ2v) is 5.16. The first-order chi connectivity index (χ1) is 10.0. The summed E-state index contributed by atoms with van der Waals surface area (Å²) in [4.78, 5) is 30.5. The maximum absolute atomic E-state index is 12.4. The molecule has 2 amide bonds. The minimum atomic E-state index is -0.938. The fourth-order valence-corrected chi connectivity index (χ4v) is 2.40. The van der Waals surface area contributed by atoms with Crippen LogP contribution in [-0.2, 0) is 16.1 Å². The minimum Gasteiger partial charge on any atom is -0.481 e. The Hall–Kier alpha value is -2.15. The third-order valence-electron chi connectivity index (χ3n) is 3.64. The number of rotatable bonds is 4. The number of carboxylic acid groups (broad SMARTS) is 1. The molecular formula is C14H19N3O4. The molecule has 1 aliphatic rings. The highest BCUT2D eigenvalue weighted by Crippen LogP contribution is 2.20. The molecule has 0 bridgehead atoms. The summed E-state index contributed by atoms with van der Waals surface area (Å²) < 4.78 is 5.20. The van der Waals surface area contributed by atoms with Gasteiger partial charge in [-0.2, -0.15) is 0 Å². The first-order valence-corrected chi connectivity index (χ1v) is 6.68. The van der Waals surface area contributed by atoms with Crippen molar-refractivity contribution < 1.29 is 19.4 Å². The molecule has 0 aromatic carbocycles. The first kappa shape index (κ1) is 15.2. The highest BCUT2D eigenvalue weighted by molar-refractivity contribution is 5.77. The van der Waals surface area contributed by atoms with Crippen molar-refractivity contribution >= 4 is 12.0 Å². The summed E-state index contributed by atoms with van der Waals surface area (Å²) in [6.07, 6.45) is 3.37. The smallest absolute Gasteiger partial charge is 0.320 e. The number of carbonyl (C=O) groups is 2. The van der Waals surface area contributed by atoms with Crippen molar-refractivity contribution in [2.24, 2.45) is 5.92 Å². The van der Waals surface area contributed by atoms with E-state index in [1.54, 1.807) is 26.5 Å². The summed E-state index contributed by atoms with van der Waals surface area (Å²) in [5.41, 5.74) is 0.916. The van der Waals surface area contributed by atoms with Gasteiger partial charge in [-0.05, 0) is 11.6 Å². The lowest BCUT2D eigenvalue weighted by Crippen LogP contribution is -2.48. The van der Waals surface area contributed by atoms with Gasteiger partial charge in [0, 0.05) is 33.0 Å². The van der Waals surface area contributed by atoms with Gasteiger partial charge < -0.3 is 19.6 Å². The van der Waals surface area contributed by atoms with Crippen LogP contribution in [0.25, 0.3) is 0 Å². The Morgan fingerprint density at radius 1 is 1.43 bits per heavy atom. The zero-order valence-corrected chi connectivity index (χ0v) is 12.1. The third kappa shape index (κ3) is 3.49. The van der Waals surface area contributed by atoms with Gasteiger partial charge in [-0.1, -0.05) is 6.07 Å². The molecule has 0 aliphatic carbocycles. The van der Waals surface area contributed by atoms with Gasteiger partial charge in [0.2, 0.25) is 0 Å². The van der Waals surface area contributed by atoms with Gasteiger partial charge in [-0.15, -0.1) is 0 Å². The Morgan fingerprint density at radius 3 is 2.81 bits per heavy atom. The summed E-state index contributed by atoms with van der Waals surface area (Å²) >= 11 is 0. The van der Waals surface area contributed by atoms with Crippen LogP contribution in [-0.4, -0.2) is 65.2 Å². The highest BCUT2D eigenvalue weighted by atomic mass is 16.5. The summed E-state index contributed by atoms with van der Waals surface area (Å²) in [6, 6.07) is 3.02. The predicted molar refractivity (Wildman–Crippen MR) is 74.6 cm³/mol. The minimum absolute atomic E-state index is 0.143. The monoisotopic (exact) mass is 293 g/mol. The van der Waals surface area contributed by atoms with E-state index in [0.29, 0.717) is 6.54 Å². The summed E-state index contributed by atoms with van der Waals surface area (Å²) in [7, 11) is 3.29. The normalized spacial score (nSPS) is 21.0. The molecule has 0 radical (unpaired) electrons. The molecule has 1 fully saturated rings. The lowest BCUT2D eigenvalue weighted by molar-refractivity contribution is -0.142. The number of hydrogen-bond acceptors (Lipinski definition) is 4. The fourth-order valence-electron chi connectivity index (χ4n) is 2.40. The van der Waals surface area contributed by atoms with Crippen LogP contribution in [0.5, 0.6) is 0 Å². The van der Waals surface area contributed by atoms with Crippen LogP contribution in [0.3, 0.4) is 0 Å². The van der Waals surface area contributed by atoms with Crippen LogP contribution < -0.4 is 0 Å². The van der Waals surface area contributed by atoms with Crippen molar-refractivity contribution in [1.29, 1.82) is 0 Å². The van der Waals surface area contributed by atoms with E-state index >= 15 is 0 Å². The molecule has 1 aliphatic heterocycles. The Morgan fingerprint density at radius 2 is 2.19 bits per heavy atom. The highest BCUT2D eigenvalue weighted by Gasteiger charge is 2.39. The molecule has 2 rings (SSSR count). The lowest BCUT2D eigenvalue weighted by Gasteiger charge is -2.30. The largest absolute Gasteiger partial charge is 0.481 e. The predicted octanol–water partition coefficient (Wildman–Crippen LogP) is 0.665. The number of hydrogen-bond donors (Lipinski definition) is 1. The number of carboxylic acids is 1. The Kier molecular flexibility index (Phi) is 4.74. The van der Waals surface area contributed by atoms with Crippen molar-refractivity contribution in [3.63, 3.8) is 0 Å². The molecule has 0 spiro atoms. The zero-order valence-electron chi connectivity index (χ0n) is 12.1. The van der Waals surface area contributed by atoms with E-state index in [-0.39, 0.29) is 19.2 Å². The van der Waals surface area contributed by atoms with E-state index in [9.17, 15) is 9.59 Å². The molecule has 1 aromatic rings. The topological polar surface area (TPSA) is 83.0 Å².